The van der Waals surface area contributed by atoms with Crippen molar-refractivity contribution in [2.24, 2.45) is 0 Å². The van der Waals surface area contributed by atoms with E-state index in [9.17, 15) is 17.6 Å². The SMILES string of the molecule is CO[Si](C)(C)CC(Nc1c(-c2c(F)cccc2Cl)c(Cl)nc2ncnn12)C(F)(F)F. The lowest BCUT2D eigenvalue weighted by atomic mass is 10.1. The monoisotopic (exact) mass is 481 g/mol. The van der Waals surface area contributed by atoms with E-state index in [-0.39, 0.29) is 38.9 Å². The summed E-state index contributed by atoms with van der Waals surface area (Å²) < 4.78 is 62.7. The second-order valence-corrected chi connectivity index (χ2v) is 12.2. The van der Waals surface area contributed by atoms with Gasteiger partial charge in [0.2, 0.25) is 0 Å². The molecule has 1 atom stereocenters. The van der Waals surface area contributed by atoms with Gasteiger partial charge in [-0.15, -0.1) is 0 Å². The Kier molecular flexibility index (Phi) is 6.28. The zero-order valence-electron chi connectivity index (χ0n) is 16.1. The fourth-order valence-corrected chi connectivity index (χ4v) is 4.90. The van der Waals surface area contributed by atoms with Gasteiger partial charge in [-0.3, -0.25) is 0 Å². The fraction of sp³-hybridized carbons (Fsp3) is 0.353. The molecule has 0 radical (unpaired) electrons. The second-order valence-electron chi connectivity index (χ2n) is 7.10. The van der Waals surface area contributed by atoms with Crippen LogP contribution in [0.3, 0.4) is 0 Å². The first-order valence-corrected chi connectivity index (χ1v) is 12.5. The molecule has 6 nitrogen and oxygen atoms in total. The summed E-state index contributed by atoms with van der Waals surface area (Å²) >= 11 is 12.4. The van der Waals surface area contributed by atoms with Crippen molar-refractivity contribution in [1.82, 2.24) is 19.6 Å². The summed E-state index contributed by atoms with van der Waals surface area (Å²) in [6, 6.07) is 1.56. The maximum Gasteiger partial charge on any atom is 0.408 e. The van der Waals surface area contributed by atoms with Crippen LogP contribution in [0.15, 0.2) is 24.5 Å². The number of anilines is 1. The summed E-state index contributed by atoms with van der Waals surface area (Å²) in [4.78, 5) is 7.88. The van der Waals surface area contributed by atoms with E-state index in [0.29, 0.717) is 0 Å². The molecule has 3 rings (SSSR count). The number of aromatic nitrogens is 4. The van der Waals surface area contributed by atoms with Crippen LogP contribution in [0.1, 0.15) is 0 Å². The van der Waals surface area contributed by atoms with Gasteiger partial charge >= 0.3 is 6.18 Å². The predicted octanol–water partition coefficient (Wildman–Crippen LogP) is 5.43. The standard InChI is InChI=1S/C17H17Cl2F4N5OSi/c1-29-30(2,3)7-11(17(21,22)23)26-15-13(12-9(18)5-4-6-10(12)20)14(19)27-16-24-8-25-28(15)16/h4-6,8,11,26H,7H2,1-3H3. The molecule has 0 aliphatic carbocycles. The minimum atomic E-state index is -4.64. The highest BCUT2D eigenvalue weighted by Crippen LogP contribution is 2.41. The quantitative estimate of drug-likeness (QED) is 0.288. The lowest BCUT2D eigenvalue weighted by Crippen LogP contribution is -2.44. The summed E-state index contributed by atoms with van der Waals surface area (Å²) in [6.45, 7) is 3.32. The third-order valence-electron chi connectivity index (χ3n) is 4.55. The smallest absolute Gasteiger partial charge is 0.408 e. The molecule has 2 heterocycles. The largest absolute Gasteiger partial charge is 0.420 e. The maximum atomic E-state index is 14.6. The summed E-state index contributed by atoms with van der Waals surface area (Å²) in [5.41, 5.74) is -0.343. The minimum Gasteiger partial charge on any atom is -0.420 e. The molecule has 3 aromatic rings. The summed E-state index contributed by atoms with van der Waals surface area (Å²) in [7, 11) is -1.29. The minimum absolute atomic E-state index is 0.0450. The van der Waals surface area contributed by atoms with Crippen molar-refractivity contribution in [3.05, 3.63) is 40.5 Å². The van der Waals surface area contributed by atoms with Crippen LogP contribution in [0.2, 0.25) is 29.3 Å². The molecule has 1 aromatic carbocycles. The number of alkyl halides is 3. The van der Waals surface area contributed by atoms with E-state index in [1.165, 1.54) is 19.2 Å². The number of nitrogens with zero attached hydrogens (tertiary/aromatic N) is 4. The Labute approximate surface area is 180 Å². The van der Waals surface area contributed by atoms with E-state index in [1.807, 2.05) is 0 Å². The number of fused-ring (bicyclic) bond motifs is 1. The number of benzene rings is 1. The first-order valence-electron chi connectivity index (χ1n) is 8.66. The van der Waals surface area contributed by atoms with Crippen LogP contribution >= 0.6 is 23.2 Å². The van der Waals surface area contributed by atoms with Gasteiger partial charge in [0, 0.05) is 12.7 Å². The average Bonchev–Trinajstić information content (AvgIpc) is 3.10. The van der Waals surface area contributed by atoms with Gasteiger partial charge in [-0.1, -0.05) is 29.3 Å². The summed E-state index contributed by atoms with van der Waals surface area (Å²) in [5.74, 6) is -1.05. The zero-order valence-corrected chi connectivity index (χ0v) is 18.6. The number of nitrogens with one attached hydrogen (secondary N) is 1. The van der Waals surface area contributed by atoms with Gasteiger partial charge in [0.05, 0.1) is 10.6 Å². The van der Waals surface area contributed by atoms with Gasteiger partial charge < -0.3 is 9.74 Å². The molecule has 0 aliphatic rings. The van der Waals surface area contributed by atoms with Gasteiger partial charge in [0.15, 0.2) is 8.32 Å². The molecule has 162 valence electrons. The zero-order chi connectivity index (χ0) is 22.3. The van der Waals surface area contributed by atoms with Crippen molar-refractivity contribution in [2.75, 3.05) is 12.4 Å². The molecule has 0 amide bonds. The van der Waals surface area contributed by atoms with Crippen LogP contribution in [0.4, 0.5) is 23.4 Å². The van der Waals surface area contributed by atoms with Crippen LogP contribution in [0.5, 0.6) is 0 Å². The second kappa shape index (κ2) is 8.29. The summed E-state index contributed by atoms with van der Waals surface area (Å²) in [6.07, 6.45) is -3.53. The van der Waals surface area contributed by atoms with Crippen LogP contribution in [-0.4, -0.2) is 47.2 Å². The van der Waals surface area contributed by atoms with Crippen LogP contribution in [-0.2, 0) is 4.43 Å². The maximum absolute atomic E-state index is 14.6. The van der Waals surface area contributed by atoms with E-state index >= 15 is 0 Å². The Balaban J connectivity index is 2.25. The molecular formula is C17H17Cl2F4N5OSi. The van der Waals surface area contributed by atoms with Crippen molar-refractivity contribution in [1.29, 1.82) is 0 Å². The van der Waals surface area contributed by atoms with Gasteiger partial charge in [-0.05, 0) is 31.3 Å². The molecule has 1 N–H and O–H groups in total. The Bertz CT molecular complexity index is 1060. The third kappa shape index (κ3) is 4.53. The average molecular weight is 482 g/mol. The fourth-order valence-electron chi connectivity index (χ4n) is 2.90. The first kappa shape index (κ1) is 22.7. The first-order chi connectivity index (χ1) is 13.9. The molecule has 1 unspecified atom stereocenters. The van der Waals surface area contributed by atoms with Crippen LogP contribution < -0.4 is 5.32 Å². The highest BCUT2D eigenvalue weighted by Gasteiger charge is 2.44. The Morgan fingerprint density at radius 3 is 2.53 bits per heavy atom. The van der Waals surface area contributed by atoms with E-state index in [4.69, 9.17) is 27.6 Å². The molecule has 13 heteroatoms. The number of rotatable bonds is 6. The predicted molar refractivity (Wildman–Crippen MR) is 109 cm³/mol. The van der Waals surface area contributed by atoms with Crippen molar-refractivity contribution in [3.63, 3.8) is 0 Å². The van der Waals surface area contributed by atoms with E-state index in [1.54, 1.807) is 13.1 Å². The Morgan fingerprint density at radius 1 is 1.23 bits per heavy atom. The number of hydrogen-bond acceptors (Lipinski definition) is 5. The molecule has 30 heavy (non-hydrogen) atoms. The lowest BCUT2D eigenvalue weighted by Gasteiger charge is -2.30. The van der Waals surface area contributed by atoms with Crippen LogP contribution in [0, 0.1) is 5.82 Å². The molecule has 0 fully saturated rings. The molecule has 0 saturated heterocycles. The van der Waals surface area contributed by atoms with Crippen molar-refractivity contribution in [2.45, 2.75) is 31.4 Å². The molecule has 0 saturated carbocycles. The van der Waals surface area contributed by atoms with E-state index < -0.39 is 26.4 Å². The topological polar surface area (TPSA) is 64.3 Å². The number of halogens is 6. The van der Waals surface area contributed by atoms with E-state index in [2.05, 4.69) is 20.4 Å². The van der Waals surface area contributed by atoms with Crippen LogP contribution in [0.25, 0.3) is 16.9 Å². The molecular weight excluding hydrogens is 465 g/mol. The van der Waals surface area contributed by atoms with Crippen molar-refractivity contribution >= 4 is 43.1 Å². The number of hydrogen-bond donors (Lipinski definition) is 1. The Hall–Kier alpha value is -1.95. The third-order valence-corrected chi connectivity index (χ3v) is 7.63. The van der Waals surface area contributed by atoms with Crippen molar-refractivity contribution < 1.29 is 22.0 Å². The van der Waals surface area contributed by atoms with E-state index in [0.717, 1.165) is 16.9 Å². The highest BCUT2D eigenvalue weighted by molar-refractivity contribution is 6.71. The Morgan fingerprint density at radius 2 is 1.93 bits per heavy atom. The van der Waals surface area contributed by atoms with Gasteiger partial charge in [-0.2, -0.15) is 32.8 Å². The van der Waals surface area contributed by atoms with Gasteiger partial charge in [0.25, 0.3) is 5.78 Å². The molecule has 0 aliphatic heterocycles. The molecule has 0 spiro atoms. The molecule has 0 bridgehead atoms. The van der Waals surface area contributed by atoms with Gasteiger partial charge in [0.1, 0.15) is 29.2 Å². The van der Waals surface area contributed by atoms with Gasteiger partial charge in [-0.25, -0.2) is 4.39 Å². The molecule has 2 aromatic heterocycles. The normalized spacial score (nSPS) is 13.6. The highest BCUT2D eigenvalue weighted by atomic mass is 35.5. The summed E-state index contributed by atoms with van der Waals surface area (Å²) in [5, 5.41) is 6.05. The van der Waals surface area contributed by atoms with Crippen molar-refractivity contribution in [3.8, 4) is 11.1 Å². The lowest BCUT2D eigenvalue weighted by molar-refractivity contribution is -0.139.